The van der Waals surface area contributed by atoms with Crippen molar-refractivity contribution in [1.82, 2.24) is 4.90 Å². The minimum Gasteiger partial charge on any atom is -0.467 e. The molecule has 0 aromatic heterocycles. The number of esters is 2. The molecule has 1 saturated heterocycles. The summed E-state index contributed by atoms with van der Waals surface area (Å²) in [7, 11) is 2.64. The summed E-state index contributed by atoms with van der Waals surface area (Å²) in [6.45, 7) is 6.28. The van der Waals surface area contributed by atoms with Crippen LogP contribution in [0.4, 0.5) is 10.5 Å². The van der Waals surface area contributed by atoms with Crippen LogP contribution in [0.1, 0.15) is 31.1 Å². The number of fused-ring (bicyclic) bond motifs is 1. The highest BCUT2D eigenvalue weighted by Crippen LogP contribution is 2.29. The van der Waals surface area contributed by atoms with Crippen LogP contribution in [0.3, 0.4) is 0 Å². The highest BCUT2D eigenvalue weighted by atomic mass is 16.6. The van der Waals surface area contributed by atoms with Crippen molar-refractivity contribution < 1.29 is 28.6 Å². The number of rotatable bonds is 3. The highest BCUT2D eigenvalue weighted by molar-refractivity contribution is 6.06. The zero-order valence-corrected chi connectivity index (χ0v) is 18.5. The molecule has 1 aliphatic rings. The fourth-order valence-electron chi connectivity index (χ4n) is 3.65. The van der Waals surface area contributed by atoms with E-state index in [1.165, 1.54) is 19.1 Å². The standard InChI is InChI=1S/C23H28N2O6/c1-23(2,3)31-22(28)25-11-10-24(14-19(25)21(27)30-5)16-12-15-8-6-7-9-17(15)18(13-16)20(26)29-4/h6-9,12-13,19H,10-11,14H2,1-5H3/t19-/m0/s1. The molecule has 31 heavy (non-hydrogen) atoms. The van der Waals surface area contributed by atoms with E-state index in [0.29, 0.717) is 12.1 Å². The monoisotopic (exact) mass is 428 g/mol. The lowest BCUT2D eigenvalue weighted by molar-refractivity contribution is -0.147. The Morgan fingerprint density at radius 3 is 2.35 bits per heavy atom. The zero-order chi connectivity index (χ0) is 22.8. The molecule has 166 valence electrons. The molecule has 3 rings (SSSR count). The number of hydrogen-bond acceptors (Lipinski definition) is 7. The van der Waals surface area contributed by atoms with Gasteiger partial charge in [-0.1, -0.05) is 24.3 Å². The first-order valence-electron chi connectivity index (χ1n) is 10.1. The Bertz CT molecular complexity index is 997. The second-order valence-corrected chi connectivity index (χ2v) is 8.36. The van der Waals surface area contributed by atoms with Gasteiger partial charge in [0.25, 0.3) is 0 Å². The van der Waals surface area contributed by atoms with Crippen molar-refractivity contribution in [3.05, 3.63) is 42.0 Å². The van der Waals surface area contributed by atoms with E-state index in [4.69, 9.17) is 14.2 Å². The second-order valence-electron chi connectivity index (χ2n) is 8.36. The van der Waals surface area contributed by atoms with Gasteiger partial charge in [-0.15, -0.1) is 0 Å². The molecule has 1 atom stereocenters. The van der Waals surface area contributed by atoms with Gasteiger partial charge in [0.1, 0.15) is 5.60 Å². The number of piperazine rings is 1. The molecule has 1 aliphatic heterocycles. The minimum absolute atomic E-state index is 0.213. The van der Waals surface area contributed by atoms with Gasteiger partial charge in [0.2, 0.25) is 0 Å². The molecule has 8 heteroatoms. The maximum absolute atomic E-state index is 12.7. The quantitative estimate of drug-likeness (QED) is 0.548. The van der Waals surface area contributed by atoms with Crippen LogP contribution in [0.5, 0.6) is 0 Å². The van der Waals surface area contributed by atoms with Crippen LogP contribution in [-0.2, 0) is 19.0 Å². The lowest BCUT2D eigenvalue weighted by Crippen LogP contribution is -2.59. The van der Waals surface area contributed by atoms with Gasteiger partial charge in [-0.2, -0.15) is 0 Å². The van der Waals surface area contributed by atoms with E-state index in [9.17, 15) is 14.4 Å². The number of amides is 1. The molecule has 0 unspecified atom stereocenters. The second kappa shape index (κ2) is 8.83. The number of anilines is 1. The van der Waals surface area contributed by atoms with Crippen molar-refractivity contribution in [2.45, 2.75) is 32.4 Å². The fourth-order valence-corrected chi connectivity index (χ4v) is 3.65. The highest BCUT2D eigenvalue weighted by Gasteiger charge is 2.38. The molecular weight excluding hydrogens is 400 g/mol. The number of carbonyl (C=O) groups excluding carboxylic acids is 3. The molecule has 0 bridgehead atoms. The molecule has 0 spiro atoms. The van der Waals surface area contributed by atoms with Gasteiger partial charge in [-0.05, 0) is 43.7 Å². The molecule has 2 aromatic rings. The first-order valence-corrected chi connectivity index (χ1v) is 10.1. The van der Waals surface area contributed by atoms with Crippen LogP contribution in [0.25, 0.3) is 10.8 Å². The molecule has 0 aliphatic carbocycles. The summed E-state index contributed by atoms with van der Waals surface area (Å²) in [5.41, 5.74) is 0.527. The summed E-state index contributed by atoms with van der Waals surface area (Å²) in [6, 6.07) is 10.4. The van der Waals surface area contributed by atoms with Crippen LogP contribution in [0, 0.1) is 0 Å². The van der Waals surface area contributed by atoms with Crippen molar-refractivity contribution in [3.63, 3.8) is 0 Å². The van der Waals surface area contributed by atoms with Gasteiger partial charge >= 0.3 is 18.0 Å². The summed E-state index contributed by atoms with van der Waals surface area (Å²) in [5, 5.41) is 1.67. The van der Waals surface area contributed by atoms with E-state index < -0.39 is 29.7 Å². The predicted molar refractivity (Wildman–Crippen MR) is 116 cm³/mol. The molecule has 0 saturated carbocycles. The van der Waals surface area contributed by atoms with E-state index in [1.807, 2.05) is 35.2 Å². The molecule has 0 radical (unpaired) electrons. The molecule has 0 N–H and O–H groups in total. The predicted octanol–water partition coefficient (Wildman–Crippen LogP) is 3.23. The number of hydrogen-bond donors (Lipinski definition) is 0. The average Bonchev–Trinajstić information content (AvgIpc) is 2.75. The van der Waals surface area contributed by atoms with Crippen LogP contribution in [-0.4, -0.2) is 68.4 Å². The molecular formula is C23H28N2O6. The van der Waals surface area contributed by atoms with Gasteiger partial charge in [-0.3, -0.25) is 4.90 Å². The zero-order valence-electron chi connectivity index (χ0n) is 18.5. The first-order chi connectivity index (χ1) is 14.6. The van der Waals surface area contributed by atoms with Crippen LogP contribution in [0.15, 0.2) is 36.4 Å². The summed E-state index contributed by atoms with van der Waals surface area (Å²) < 4.78 is 15.4. The summed E-state index contributed by atoms with van der Waals surface area (Å²) in [4.78, 5) is 40.9. The van der Waals surface area contributed by atoms with E-state index >= 15 is 0 Å². The summed E-state index contributed by atoms with van der Waals surface area (Å²) in [5.74, 6) is -0.959. The van der Waals surface area contributed by atoms with Gasteiger partial charge in [0.05, 0.1) is 19.8 Å². The Kier molecular flexibility index (Phi) is 6.38. The maximum Gasteiger partial charge on any atom is 0.411 e. The average molecular weight is 428 g/mol. The number of carbonyl (C=O) groups is 3. The molecule has 1 amide bonds. The molecule has 1 fully saturated rings. The number of ether oxygens (including phenoxy) is 3. The van der Waals surface area contributed by atoms with Crippen molar-refractivity contribution >= 4 is 34.5 Å². The van der Waals surface area contributed by atoms with Crippen LogP contribution >= 0.6 is 0 Å². The van der Waals surface area contributed by atoms with E-state index in [-0.39, 0.29) is 13.1 Å². The van der Waals surface area contributed by atoms with Crippen LogP contribution in [0.2, 0.25) is 0 Å². The number of benzene rings is 2. The lowest BCUT2D eigenvalue weighted by atomic mass is 10.0. The molecule has 1 heterocycles. The Labute approximate surface area is 181 Å². The third-order valence-corrected chi connectivity index (χ3v) is 5.10. The fraction of sp³-hybridized carbons (Fsp3) is 0.435. The lowest BCUT2D eigenvalue weighted by Gasteiger charge is -2.41. The van der Waals surface area contributed by atoms with Gasteiger partial charge in [0.15, 0.2) is 6.04 Å². The van der Waals surface area contributed by atoms with E-state index in [0.717, 1.165) is 16.5 Å². The van der Waals surface area contributed by atoms with Crippen molar-refractivity contribution in [2.75, 3.05) is 38.8 Å². The largest absolute Gasteiger partial charge is 0.467 e. The Morgan fingerprint density at radius 2 is 1.71 bits per heavy atom. The van der Waals surface area contributed by atoms with Gasteiger partial charge in [-0.25, -0.2) is 14.4 Å². The topological polar surface area (TPSA) is 85.4 Å². The Hall–Kier alpha value is -3.29. The first kappa shape index (κ1) is 22.4. The normalized spacial score (nSPS) is 16.7. The summed E-state index contributed by atoms with van der Waals surface area (Å²) in [6.07, 6.45) is -0.559. The van der Waals surface area contributed by atoms with Gasteiger partial charge in [0, 0.05) is 25.3 Å². The van der Waals surface area contributed by atoms with Crippen molar-refractivity contribution in [3.8, 4) is 0 Å². The van der Waals surface area contributed by atoms with Gasteiger partial charge < -0.3 is 19.1 Å². The van der Waals surface area contributed by atoms with E-state index in [2.05, 4.69) is 0 Å². The smallest absolute Gasteiger partial charge is 0.411 e. The van der Waals surface area contributed by atoms with Crippen molar-refractivity contribution in [2.24, 2.45) is 0 Å². The Balaban J connectivity index is 1.94. The third-order valence-electron chi connectivity index (χ3n) is 5.10. The van der Waals surface area contributed by atoms with Crippen molar-refractivity contribution in [1.29, 1.82) is 0 Å². The molecule has 2 aromatic carbocycles. The van der Waals surface area contributed by atoms with E-state index in [1.54, 1.807) is 26.8 Å². The summed E-state index contributed by atoms with van der Waals surface area (Å²) >= 11 is 0. The minimum atomic E-state index is -0.832. The maximum atomic E-state index is 12.7. The number of methoxy groups -OCH3 is 2. The van der Waals surface area contributed by atoms with Crippen LogP contribution < -0.4 is 4.90 Å². The SMILES string of the molecule is COC(=O)c1cc(N2CCN(C(=O)OC(C)(C)C)[C@H](C(=O)OC)C2)cc2ccccc12. The third kappa shape index (κ3) is 4.90. The Morgan fingerprint density at radius 1 is 1.00 bits per heavy atom. The molecule has 8 nitrogen and oxygen atoms in total. The number of nitrogens with zero attached hydrogens (tertiary/aromatic N) is 2.